The predicted octanol–water partition coefficient (Wildman–Crippen LogP) is 3.32. The van der Waals surface area contributed by atoms with Crippen LogP contribution < -0.4 is 5.73 Å². The third-order valence-corrected chi connectivity index (χ3v) is 5.52. The summed E-state index contributed by atoms with van der Waals surface area (Å²) in [5.41, 5.74) is 7.29. The van der Waals surface area contributed by atoms with Gasteiger partial charge in [0, 0.05) is 33.6 Å². The van der Waals surface area contributed by atoms with Crippen LogP contribution in [0.3, 0.4) is 0 Å². The van der Waals surface area contributed by atoms with Crippen molar-refractivity contribution in [1.82, 2.24) is 4.90 Å². The highest BCUT2D eigenvalue weighted by Crippen LogP contribution is 2.33. The Kier molecular flexibility index (Phi) is 5.06. The Labute approximate surface area is 131 Å². The van der Waals surface area contributed by atoms with Crippen LogP contribution in [0, 0.1) is 0 Å². The fraction of sp³-hybridized carbons (Fsp3) is 0.571. The number of nitrogens with two attached hydrogens (primary N) is 1. The number of benzene rings is 1. The molecule has 0 aliphatic carbocycles. The van der Waals surface area contributed by atoms with Crippen LogP contribution in [0.5, 0.6) is 0 Å². The standard InChI is InChI=1S/C14H20Br2N2O/c1-14(2)9-19-6-5-18(14)13(8-17)10-3-4-11(15)12(16)7-10/h3-4,7,13H,5-6,8-9,17H2,1-2H3. The number of rotatable bonds is 3. The van der Waals surface area contributed by atoms with E-state index in [4.69, 9.17) is 10.5 Å². The van der Waals surface area contributed by atoms with Gasteiger partial charge in [0.05, 0.1) is 13.2 Å². The summed E-state index contributed by atoms with van der Waals surface area (Å²) in [5, 5.41) is 0. The minimum absolute atomic E-state index is 0.0157. The number of halogens is 2. The van der Waals surface area contributed by atoms with E-state index < -0.39 is 0 Å². The zero-order valence-electron chi connectivity index (χ0n) is 11.3. The Morgan fingerprint density at radius 3 is 2.68 bits per heavy atom. The van der Waals surface area contributed by atoms with Gasteiger partial charge >= 0.3 is 0 Å². The van der Waals surface area contributed by atoms with E-state index in [0.717, 1.165) is 28.7 Å². The zero-order valence-corrected chi connectivity index (χ0v) is 14.5. The molecule has 1 unspecified atom stereocenters. The van der Waals surface area contributed by atoms with Crippen LogP contribution in [0.15, 0.2) is 27.1 Å². The molecule has 2 N–H and O–H groups in total. The van der Waals surface area contributed by atoms with E-state index in [1.165, 1.54) is 5.56 Å². The van der Waals surface area contributed by atoms with Gasteiger partial charge in [0.25, 0.3) is 0 Å². The fourth-order valence-corrected chi connectivity index (χ4v) is 3.25. The van der Waals surface area contributed by atoms with Crippen molar-refractivity contribution in [1.29, 1.82) is 0 Å². The van der Waals surface area contributed by atoms with E-state index in [9.17, 15) is 0 Å². The van der Waals surface area contributed by atoms with Gasteiger partial charge in [-0.3, -0.25) is 4.90 Å². The first kappa shape index (κ1) is 15.4. The van der Waals surface area contributed by atoms with Crippen LogP contribution in [0.2, 0.25) is 0 Å². The van der Waals surface area contributed by atoms with Crippen molar-refractivity contribution < 1.29 is 4.74 Å². The molecule has 3 nitrogen and oxygen atoms in total. The van der Waals surface area contributed by atoms with E-state index in [0.29, 0.717) is 6.54 Å². The quantitative estimate of drug-likeness (QED) is 0.858. The number of hydrogen-bond acceptors (Lipinski definition) is 3. The lowest BCUT2D eigenvalue weighted by atomic mass is 9.96. The highest BCUT2D eigenvalue weighted by Gasteiger charge is 2.35. The molecule has 1 heterocycles. The molecule has 0 bridgehead atoms. The molecule has 1 saturated heterocycles. The van der Waals surface area contributed by atoms with Gasteiger partial charge in [0.15, 0.2) is 0 Å². The van der Waals surface area contributed by atoms with E-state index in [-0.39, 0.29) is 11.6 Å². The molecule has 0 spiro atoms. The molecule has 1 atom stereocenters. The second-order valence-corrected chi connectivity index (χ2v) is 7.19. The van der Waals surface area contributed by atoms with Crippen molar-refractivity contribution in [2.24, 2.45) is 5.73 Å². The molecule has 2 rings (SSSR count). The Morgan fingerprint density at radius 2 is 2.11 bits per heavy atom. The summed E-state index contributed by atoms with van der Waals surface area (Å²) in [6.07, 6.45) is 0. The van der Waals surface area contributed by atoms with Gasteiger partial charge in [-0.1, -0.05) is 6.07 Å². The van der Waals surface area contributed by atoms with Gasteiger partial charge in [0.1, 0.15) is 0 Å². The van der Waals surface area contributed by atoms with Gasteiger partial charge in [-0.25, -0.2) is 0 Å². The predicted molar refractivity (Wildman–Crippen MR) is 85.2 cm³/mol. The summed E-state index contributed by atoms with van der Waals surface area (Å²) in [6.45, 7) is 7.48. The van der Waals surface area contributed by atoms with Gasteiger partial charge < -0.3 is 10.5 Å². The number of ether oxygens (including phenoxy) is 1. The molecule has 1 aromatic carbocycles. The third kappa shape index (κ3) is 3.39. The molecule has 0 saturated carbocycles. The molecule has 0 aromatic heterocycles. The molecule has 106 valence electrons. The normalized spacial score (nSPS) is 21.3. The highest BCUT2D eigenvalue weighted by atomic mass is 79.9. The minimum atomic E-state index is 0.0157. The van der Waals surface area contributed by atoms with Crippen LogP contribution >= 0.6 is 31.9 Å². The molecule has 0 amide bonds. The average molecular weight is 392 g/mol. The molecular formula is C14H20Br2N2O. The van der Waals surface area contributed by atoms with E-state index >= 15 is 0 Å². The third-order valence-electron chi connectivity index (χ3n) is 3.64. The van der Waals surface area contributed by atoms with Crippen molar-refractivity contribution in [3.63, 3.8) is 0 Å². The monoisotopic (exact) mass is 390 g/mol. The molecule has 5 heteroatoms. The Morgan fingerprint density at radius 1 is 1.37 bits per heavy atom. The summed E-state index contributed by atoms with van der Waals surface area (Å²) in [5.74, 6) is 0. The molecule has 1 aliphatic rings. The van der Waals surface area contributed by atoms with Crippen LogP contribution in [-0.2, 0) is 4.74 Å². The summed E-state index contributed by atoms with van der Waals surface area (Å²) in [6, 6.07) is 6.57. The lowest BCUT2D eigenvalue weighted by Crippen LogP contribution is -2.55. The van der Waals surface area contributed by atoms with E-state index in [1.807, 2.05) is 0 Å². The fourth-order valence-electron chi connectivity index (χ4n) is 2.61. The van der Waals surface area contributed by atoms with Crippen molar-refractivity contribution in [3.8, 4) is 0 Å². The van der Waals surface area contributed by atoms with Crippen LogP contribution in [-0.4, -0.2) is 36.7 Å². The smallest absolute Gasteiger partial charge is 0.0645 e. The van der Waals surface area contributed by atoms with Gasteiger partial charge in [0.2, 0.25) is 0 Å². The van der Waals surface area contributed by atoms with E-state index in [2.05, 4.69) is 68.8 Å². The maximum Gasteiger partial charge on any atom is 0.0645 e. The largest absolute Gasteiger partial charge is 0.378 e. The van der Waals surface area contributed by atoms with Crippen molar-refractivity contribution in [3.05, 3.63) is 32.7 Å². The second-order valence-electron chi connectivity index (χ2n) is 5.48. The van der Waals surface area contributed by atoms with E-state index in [1.54, 1.807) is 0 Å². The van der Waals surface area contributed by atoms with Crippen LogP contribution in [0.4, 0.5) is 0 Å². The number of hydrogen-bond donors (Lipinski definition) is 1. The zero-order chi connectivity index (χ0) is 14.0. The molecular weight excluding hydrogens is 372 g/mol. The topological polar surface area (TPSA) is 38.5 Å². The van der Waals surface area contributed by atoms with Crippen LogP contribution in [0.1, 0.15) is 25.5 Å². The van der Waals surface area contributed by atoms with Crippen molar-refractivity contribution in [2.45, 2.75) is 25.4 Å². The molecule has 1 fully saturated rings. The number of morpholine rings is 1. The Balaban J connectivity index is 2.30. The highest BCUT2D eigenvalue weighted by molar-refractivity contribution is 9.13. The van der Waals surface area contributed by atoms with Gasteiger partial charge in [-0.2, -0.15) is 0 Å². The van der Waals surface area contributed by atoms with Gasteiger partial charge in [-0.15, -0.1) is 0 Å². The first-order valence-corrected chi connectivity index (χ1v) is 8.04. The van der Waals surface area contributed by atoms with Crippen LogP contribution in [0.25, 0.3) is 0 Å². The van der Waals surface area contributed by atoms with Crippen molar-refractivity contribution in [2.75, 3.05) is 26.3 Å². The van der Waals surface area contributed by atoms with Gasteiger partial charge in [-0.05, 0) is 63.4 Å². The molecule has 0 radical (unpaired) electrons. The molecule has 1 aromatic rings. The molecule has 19 heavy (non-hydrogen) atoms. The Bertz CT molecular complexity index is 451. The SMILES string of the molecule is CC1(C)COCCN1C(CN)c1ccc(Br)c(Br)c1. The second kappa shape index (κ2) is 6.22. The molecule has 1 aliphatic heterocycles. The maximum absolute atomic E-state index is 6.04. The summed E-state index contributed by atoms with van der Waals surface area (Å²) < 4.78 is 7.72. The summed E-state index contributed by atoms with van der Waals surface area (Å²) in [7, 11) is 0. The lowest BCUT2D eigenvalue weighted by molar-refractivity contribution is -0.0712. The maximum atomic E-state index is 6.04. The minimum Gasteiger partial charge on any atom is -0.378 e. The first-order chi connectivity index (χ1) is 8.95. The van der Waals surface area contributed by atoms with Crippen molar-refractivity contribution >= 4 is 31.9 Å². The summed E-state index contributed by atoms with van der Waals surface area (Å²) >= 11 is 7.07. The Hall–Kier alpha value is 0.0600. The first-order valence-electron chi connectivity index (χ1n) is 6.45. The summed E-state index contributed by atoms with van der Waals surface area (Å²) in [4.78, 5) is 2.45. The average Bonchev–Trinajstić information content (AvgIpc) is 2.36. The number of nitrogens with zero attached hydrogens (tertiary/aromatic N) is 1. The lowest BCUT2D eigenvalue weighted by Gasteiger charge is -2.46.